The van der Waals surface area contributed by atoms with Crippen molar-refractivity contribution >= 4 is 18.7 Å². The number of nitrogens with zero attached hydrogens (tertiary/aromatic N) is 1. The first-order chi connectivity index (χ1) is 4.20. The van der Waals surface area contributed by atoms with E-state index in [2.05, 4.69) is 11.7 Å². The summed E-state index contributed by atoms with van der Waals surface area (Å²) in [7, 11) is 0. The van der Waals surface area contributed by atoms with Gasteiger partial charge in [-0.2, -0.15) is 0 Å². The number of amides is 3. The molecule has 0 unspecified atom stereocenters. The van der Waals surface area contributed by atoms with Gasteiger partial charge in [-0.15, -0.1) is 0 Å². The highest BCUT2D eigenvalue weighted by molar-refractivity contribution is 5.95. The number of hydrogen-bond donors (Lipinski definition) is 1. The summed E-state index contributed by atoms with van der Waals surface area (Å²) in [5, 5.41) is 1.97. The Balaban J connectivity index is 3.59. The van der Waals surface area contributed by atoms with Gasteiger partial charge in [0.15, 0.2) is 0 Å². The van der Waals surface area contributed by atoms with E-state index in [1.807, 2.05) is 5.32 Å². The van der Waals surface area contributed by atoms with E-state index < -0.39 is 6.03 Å². The molecule has 0 saturated carbocycles. The first-order valence-corrected chi connectivity index (χ1v) is 2.51. The van der Waals surface area contributed by atoms with Gasteiger partial charge >= 0.3 is 6.03 Å². The molecule has 3 amide bonds. The highest BCUT2D eigenvalue weighted by atomic mass is 16.2. The van der Waals surface area contributed by atoms with Crippen LogP contribution in [0.15, 0.2) is 4.99 Å². The minimum absolute atomic E-state index is 0.279. The average molecular weight is 128 g/mol. The molecule has 0 radical (unpaired) electrons. The summed E-state index contributed by atoms with van der Waals surface area (Å²) in [6.07, 6.45) is 0.279. The molecule has 0 rings (SSSR count). The molecule has 0 spiro atoms. The Morgan fingerprint density at radius 1 is 1.67 bits per heavy atom. The highest BCUT2D eigenvalue weighted by Crippen LogP contribution is 1.76. The maximum atomic E-state index is 10.4. The van der Waals surface area contributed by atoms with E-state index >= 15 is 0 Å². The van der Waals surface area contributed by atoms with Gasteiger partial charge in [-0.1, -0.05) is 6.92 Å². The second-order valence-electron chi connectivity index (χ2n) is 1.36. The van der Waals surface area contributed by atoms with E-state index in [1.165, 1.54) is 0 Å². The molecule has 9 heavy (non-hydrogen) atoms. The maximum Gasteiger partial charge on any atom is 0.346 e. The summed E-state index contributed by atoms with van der Waals surface area (Å²) >= 11 is 0. The molecule has 4 nitrogen and oxygen atoms in total. The summed E-state index contributed by atoms with van der Waals surface area (Å²) in [4.78, 5) is 23.5. The Hall–Kier alpha value is -1.19. The number of aliphatic imine (C=N–C) groups is 1. The van der Waals surface area contributed by atoms with Crippen LogP contribution in [0.3, 0.4) is 0 Å². The fourth-order valence-corrected chi connectivity index (χ4v) is 0.247. The van der Waals surface area contributed by atoms with Crippen molar-refractivity contribution in [1.82, 2.24) is 5.32 Å². The normalized spacial score (nSPS) is 8.11. The zero-order chi connectivity index (χ0) is 7.28. The van der Waals surface area contributed by atoms with Crippen LogP contribution in [0.25, 0.3) is 0 Å². The van der Waals surface area contributed by atoms with E-state index in [0.717, 1.165) is 0 Å². The third-order valence-electron chi connectivity index (χ3n) is 0.711. The number of carbonyl (C=O) groups excluding carboxylic acids is 2. The predicted molar refractivity (Wildman–Crippen MR) is 33.4 cm³/mol. The standard InChI is InChI=1S/C5H8N2O2/c1-3-4(8)7-5(9)6-2/h2-3H2,1H3,(H,7,8,9). The molecule has 4 heteroatoms. The SMILES string of the molecule is C=NC(=O)NC(=O)CC. The first kappa shape index (κ1) is 7.81. The van der Waals surface area contributed by atoms with Crippen LogP contribution in [0.5, 0.6) is 0 Å². The van der Waals surface area contributed by atoms with Crippen LogP contribution < -0.4 is 5.32 Å². The van der Waals surface area contributed by atoms with Gasteiger partial charge in [-0.3, -0.25) is 10.1 Å². The fourth-order valence-electron chi connectivity index (χ4n) is 0.247. The molecule has 0 aliphatic rings. The Kier molecular flexibility index (Phi) is 3.27. The van der Waals surface area contributed by atoms with Crippen LogP contribution >= 0.6 is 0 Å². The topological polar surface area (TPSA) is 58.5 Å². The molecule has 0 aromatic carbocycles. The van der Waals surface area contributed by atoms with Crippen LogP contribution in [0, 0.1) is 0 Å². The summed E-state index contributed by atoms with van der Waals surface area (Å²) < 4.78 is 0. The van der Waals surface area contributed by atoms with Crippen molar-refractivity contribution in [2.75, 3.05) is 0 Å². The molecule has 0 atom stereocenters. The second-order valence-corrected chi connectivity index (χ2v) is 1.36. The van der Waals surface area contributed by atoms with Crippen molar-refractivity contribution in [1.29, 1.82) is 0 Å². The number of hydrogen-bond acceptors (Lipinski definition) is 2. The van der Waals surface area contributed by atoms with Crippen molar-refractivity contribution in [3.8, 4) is 0 Å². The maximum absolute atomic E-state index is 10.4. The molecule has 0 aromatic heterocycles. The van der Waals surface area contributed by atoms with Crippen LogP contribution in [0.1, 0.15) is 13.3 Å². The van der Waals surface area contributed by atoms with E-state index in [9.17, 15) is 9.59 Å². The van der Waals surface area contributed by atoms with Crippen molar-refractivity contribution in [3.05, 3.63) is 0 Å². The molecule has 50 valence electrons. The van der Waals surface area contributed by atoms with Gasteiger partial charge in [0, 0.05) is 6.42 Å². The lowest BCUT2D eigenvalue weighted by Crippen LogP contribution is -2.26. The summed E-state index contributed by atoms with van der Waals surface area (Å²) in [6, 6.07) is -0.693. The Labute approximate surface area is 53.0 Å². The quantitative estimate of drug-likeness (QED) is 0.517. The minimum Gasteiger partial charge on any atom is -0.276 e. The molecule has 0 bridgehead atoms. The molecule has 0 saturated heterocycles. The highest BCUT2D eigenvalue weighted by Gasteiger charge is 1.99. The lowest BCUT2D eigenvalue weighted by molar-refractivity contribution is -0.119. The molecular weight excluding hydrogens is 120 g/mol. The Morgan fingerprint density at radius 3 is 2.56 bits per heavy atom. The zero-order valence-electron chi connectivity index (χ0n) is 5.18. The zero-order valence-corrected chi connectivity index (χ0v) is 5.18. The van der Waals surface area contributed by atoms with Crippen LogP contribution in [0.4, 0.5) is 4.79 Å². The largest absolute Gasteiger partial charge is 0.346 e. The van der Waals surface area contributed by atoms with E-state index in [1.54, 1.807) is 6.92 Å². The third-order valence-corrected chi connectivity index (χ3v) is 0.711. The lowest BCUT2D eigenvalue weighted by atomic mass is 10.5. The first-order valence-electron chi connectivity index (χ1n) is 2.51. The van der Waals surface area contributed by atoms with Gasteiger partial charge in [0.25, 0.3) is 0 Å². The van der Waals surface area contributed by atoms with Crippen LogP contribution in [-0.4, -0.2) is 18.7 Å². The van der Waals surface area contributed by atoms with Gasteiger partial charge in [0.1, 0.15) is 0 Å². The third kappa shape index (κ3) is 3.40. The number of urea groups is 1. The molecule has 0 aromatic rings. The number of carbonyl (C=O) groups is 2. The number of rotatable bonds is 1. The minimum atomic E-state index is -0.693. The van der Waals surface area contributed by atoms with Crippen LogP contribution in [0.2, 0.25) is 0 Å². The van der Waals surface area contributed by atoms with E-state index in [4.69, 9.17) is 0 Å². The Bertz CT molecular complexity index is 142. The van der Waals surface area contributed by atoms with Gasteiger partial charge < -0.3 is 0 Å². The number of imide groups is 1. The lowest BCUT2D eigenvalue weighted by Gasteiger charge is -1.93. The van der Waals surface area contributed by atoms with Crippen molar-refractivity contribution < 1.29 is 9.59 Å². The van der Waals surface area contributed by atoms with E-state index in [-0.39, 0.29) is 12.3 Å². The van der Waals surface area contributed by atoms with Crippen molar-refractivity contribution in [3.63, 3.8) is 0 Å². The molecule has 1 N–H and O–H groups in total. The molecular formula is C5H8N2O2. The molecule has 0 aliphatic heterocycles. The van der Waals surface area contributed by atoms with E-state index in [0.29, 0.717) is 0 Å². The molecule has 0 fully saturated rings. The second kappa shape index (κ2) is 3.77. The average Bonchev–Trinajstić information content (AvgIpc) is 1.87. The van der Waals surface area contributed by atoms with Crippen molar-refractivity contribution in [2.24, 2.45) is 4.99 Å². The van der Waals surface area contributed by atoms with Gasteiger partial charge in [-0.05, 0) is 6.72 Å². The van der Waals surface area contributed by atoms with Crippen molar-refractivity contribution in [2.45, 2.75) is 13.3 Å². The molecule has 0 aliphatic carbocycles. The monoisotopic (exact) mass is 128 g/mol. The van der Waals surface area contributed by atoms with Gasteiger partial charge in [-0.25, -0.2) is 9.79 Å². The summed E-state index contributed by atoms with van der Waals surface area (Å²) in [5.41, 5.74) is 0. The Morgan fingerprint density at radius 2 is 2.22 bits per heavy atom. The fraction of sp³-hybridized carbons (Fsp3) is 0.400. The predicted octanol–water partition coefficient (Wildman–Crippen LogP) is 0.333. The molecule has 0 heterocycles. The summed E-state index contributed by atoms with van der Waals surface area (Å²) in [5.74, 6) is -0.340. The van der Waals surface area contributed by atoms with Gasteiger partial charge in [0.2, 0.25) is 5.91 Å². The smallest absolute Gasteiger partial charge is 0.276 e. The summed E-state index contributed by atoms with van der Waals surface area (Å²) in [6.45, 7) is 4.58. The van der Waals surface area contributed by atoms with Crippen LogP contribution in [-0.2, 0) is 4.79 Å². The number of nitrogens with one attached hydrogen (secondary N) is 1. The van der Waals surface area contributed by atoms with Gasteiger partial charge in [0.05, 0.1) is 0 Å².